The highest BCUT2D eigenvalue weighted by Crippen LogP contribution is 2.29. The molecule has 0 aliphatic carbocycles. The maximum atomic E-state index is 12.6. The van der Waals surface area contributed by atoms with Crippen LogP contribution in [0.5, 0.6) is 0 Å². The topological polar surface area (TPSA) is 74.5 Å². The summed E-state index contributed by atoms with van der Waals surface area (Å²) < 4.78 is 5.35. The number of hydrogen-bond acceptors (Lipinski definition) is 6. The van der Waals surface area contributed by atoms with E-state index < -0.39 is 0 Å². The number of carbonyl (C=O) groups is 1. The maximum absolute atomic E-state index is 12.6. The zero-order valence-electron chi connectivity index (χ0n) is 20.5. The lowest BCUT2D eigenvalue weighted by Crippen LogP contribution is -2.54. The highest BCUT2D eigenvalue weighted by Gasteiger charge is 2.27. The molecule has 1 aliphatic heterocycles. The Morgan fingerprint density at radius 3 is 2.11 bits per heavy atom. The molecule has 1 aromatic heterocycles. The number of aryl methyl sites for hydroxylation is 2. The van der Waals surface area contributed by atoms with Gasteiger partial charge in [-0.3, -0.25) is 15.1 Å². The highest BCUT2D eigenvalue weighted by molar-refractivity contribution is 5.75. The summed E-state index contributed by atoms with van der Waals surface area (Å²) in [4.78, 5) is 19.5. The number of amides is 1. The average Bonchev–Trinajstić information content (AvgIpc) is 3.39. The third-order valence-corrected chi connectivity index (χ3v) is 6.54. The fourth-order valence-corrected chi connectivity index (χ4v) is 4.61. The van der Waals surface area contributed by atoms with Gasteiger partial charge in [-0.05, 0) is 18.1 Å². The minimum absolute atomic E-state index is 0.0406. The van der Waals surface area contributed by atoms with Gasteiger partial charge in [-0.15, -0.1) is 0 Å². The second-order valence-corrected chi connectivity index (χ2v) is 9.16. The molecule has 2 heterocycles. The van der Waals surface area contributed by atoms with Gasteiger partial charge in [0.15, 0.2) is 0 Å². The summed E-state index contributed by atoms with van der Waals surface area (Å²) in [5, 5.41) is 6.06. The first kappa shape index (κ1) is 23.9. The number of nitrogens with zero attached hydrogens (tertiary/aromatic N) is 4. The molecule has 0 unspecified atom stereocenters. The van der Waals surface area contributed by atoms with Crippen molar-refractivity contribution in [2.24, 2.45) is 0 Å². The van der Waals surface area contributed by atoms with Crippen molar-refractivity contribution < 1.29 is 9.32 Å². The third kappa shape index (κ3) is 5.87. The molecule has 1 aliphatic rings. The Balaban J connectivity index is 1.13. The van der Waals surface area contributed by atoms with E-state index in [9.17, 15) is 4.79 Å². The predicted octanol–water partition coefficient (Wildman–Crippen LogP) is 4.42. The Hall–Kier alpha value is -3.81. The summed E-state index contributed by atoms with van der Waals surface area (Å²) in [5.41, 5.74) is 7.70. The smallest absolute Gasteiger partial charge is 0.234 e. The second kappa shape index (κ2) is 11.3. The van der Waals surface area contributed by atoms with Crippen LogP contribution in [0.2, 0.25) is 0 Å². The second-order valence-electron chi connectivity index (χ2n) is 9.16. The van der Waals surface area contributed by atoms with E-state index in [2.05, 4.69) is 81.1 Å². The van der Waals surface area contributed by atoms with E-state index in [1.807, 2.05) is 36.2 Å². The van der Waals surface area contributed by atoms with Crippen LogP contribution in [0.15, 0.2) is 89.5 Å². The molecule has 0 atom stereocenters. The first-order chi connectivity index (χ1) is 17.7. The molecule has 36 heavy (non-hydrogen) atoms. The monoisotopic (exact) mass is 481 g/mol. The zero-order chi connectivity index (χ0) is 24.7. The molecule has 0 bridgehead atoms. The summed E-state index contributed by atoms with van der Waals surface area (Å²) in [6, 6.07) is 29.4. The van der Waals surface area contributed by atoms with Gasteiger partial charge in [0, 0.05) is 44.6 Å². The Kier molecular flexibility index (Phi) is 7.50. The van der Waals surface area contributed by atoms with Crippen molar-refractivity contribution >= 4 is 5.91 Å². The highest BCUT2D eigenvalue weighted by atomic mass is 16.5. The van der Waals surface area contributed by atoms with Gasteiger partial charge in [-0.25, -0.2) is 5.01 Å². The summed E-state index contributed by atoms with van der Waals surface area (Å²) in [5.74, 6) is 0.980. The number of hydrogen-bond donors (Lipinski definition) is 1. The molecular formula is C29H31N5O2. The lowest BCUT2D eigenvalue weighted by Gasteiger charge is -2.39. The molecule has 0 radical (unpaired) electrons. The summed E-state index contributed by atoms with van der Waals surface area (Å²) >= 11 is 0. The Morgan fingerprint density at radius 1 is 0.889 bits per heavy atom. The quantitative estimate of drug-likeness (QED) is 0.402. The van der Waals surface area contributed by atoms with Gasteiger partial charge >= 0.3 is 0 Å². The minimum atomic E-state index is -0.0406. The Bertz CT molecular complexity index is 1210. The van der Waals surface area contributed by atoms with Crippen LogP contribution in [0, 0.1) is 6.92 Å². The Labute approximate surface area is 211 Å². The molecule has 4 aromatic rings. The largest absolute Gasteiger partial charge is 0.339 e. The van der Waals surface area contributed by atoms with Crippen LogP contribution < -0.4 is 5.43 Å². The molecule has 184 valence electrons. The zero-order valence-corrected chi connectivity index (χ0v) is 20.5. The van der Waals surface area contributed by atoms with Gasteiger partial charge in [0.25, 0.3) is 0 Å². The first-order valence-electron chi connectivity index (χ1n) is 12.4. The van der Waals surface area contributed by atoms with E-state index in [-0.39, 0.29) is 11.9 Å². The molecule has 1 amide bonds. The van der Waals surface area contributed by atoms with E-state index in [0.29, 0.717) is 24.6 Å². The molecule has 1 fully saturated rings. The van der Waals surface area contributed by atoms with Crippen molar-refractivity contribution in [3.63, 3.8) is 0 Å². The predicted molar refractivity (Wildman–Crippen MR) is 139 cm³/mol. The molecule has 5 rings (SSSR count). The van der Waals surface area contributed by atoms with E-state index >= 15 is 0 Å². The molecule has 7 heteroatoms. The fourth-order valence-electron chi connectivity index (χ4n) is 4.61. The fraction of sp³-hybridized carbons (Fsp3) is 0.276. The summed E-state index contributed by atoms with van der Waals surface area (Å²) in [7, 11) is 0. The van der Waals surface area contributed by atoms with Crippen LogP contribution in [0.3, 0.4) is 0 Å². The van der Waals surface area contributed by atoms with Crippen LogP contribution in [0.1, 0.15) is 35.0 Å². The maximum Gasteiger partial charge on any atom is 0.234 e. The van der Waals surface area contributed by atoms with Crippen LogP contribution in [0.25, 0.3) is 11.4 Å². The van der Waals surface area contributed by atoms with Crippen LogP contribution in [-0.4, -0.2) is 52.1 Å². The molecule has 1 saturated heterocycles. The normalized spacial score (nSPS) is 14.7. The minimum Gasteiger partial charge on any atom is -0.339 e. The van der Waals surface area contributed by atoms with Crippen molar-refractivity contribution in [3.8, 4) is 11.4 Å². The van der Waals surface area contributed by atoms with Gasteiger partial charge in [-0.1, -0.05) is 95.6 Å². The molecule has 1 N–H and O–H groups in total. The lowest BCUT2D eigenvalue weighted by atomic mass is 9.96. The van der Waals surface area contributed by atoms with Gasteiger partial charge in [0.1, 0.15) is 0 Å². The van der Waals surface area contributed by atoms with Crippen LogP contribution >= 0.6 is 0 Å². The van der Waals surface area contributed by atoms with Crippen LogP contribution in [0.4, 0.5) is 0 Å². The van der Waals surface area contributed by atoms with Crippen molar-refractivity contribution in [2.75, 3.05) is 26.2 Å². The van der Waals surface area contributed by atoms with Gasteiger partial charge in [-0.2, -0.15) is 4.98 Å². The summed E-state index contributed by atoms with van der Waals surface area (Å²) in [6.07, 6.45) is 0.709. The Morgan fingerprint density at radius 2 is 1.50 bits per heavy atom. The number of rotatable bonds is 8. The van der Waals surface area contributed by atoms with E-state index in [4.69, 9.17) is 4.52 Å². The van der Waals surface area contributed by atoms with Gasteiger partial charge in [0.05, 0.1) is 6.04 Å². The van der Waals surface area contributed by atoms with Gasteiger partial charge < -0.3 is 4.52 Å². The molecular weight excluding hydrogens is 450 g/mol. The molecule has 7 nitrogen and oxygen atoms in total. The van der Waals surface area contributed by atoms with Crippen molar-refractivity contribution in [3.05, 3.63) is 108 Å². The van der Waals surface area contributed by atoms with Crippen molar-refractivity contribution in [1.82, 2.24) is 25.5 Å². The van der Waals surface area contributed by atoms with E-state index in [0.717, 1.165) is 31.7 Å². The first-order valence-corrected chi connectivity index (χ1v) is 12.4. The molecule has 0 spiro atoms. The molecule has 3 aromatic carbocycles. The number of hydrazine groups is 1. The third-order valence-electron chi connectivity index (χ3n) is 6.54. The summed E-state index contributed by atoms with van der Waals surface area (Å²) in [6.45, 7) is 5.28. The molecule has 0 saturated carbocycles. The van der Waals surface area contributed by atoms with Crippen molar-refractivity contribution in [2.45, 2.75) is 25.8 Å². The SMILES string of the molecule is Cc1ccc(-c2noc(CCC(=O)NN3CCN(C(c4ccccc4)c4ccccc4)CC3)n2)cc1. The number of piperazine rings is 1. The van der Waals surface area contributed by atoms with E-state index in [1.54, 1.807) is 0 Å². The lowest BCUT2D eigenvalue weighted by molar-refractivity contribution is -0.127. The van der Waals surface area contributed by atoms with Gasteiger partial charge in [0.2, 0.25) is 17.6 Å². The number of nitrogens with one attached hydrogen (secondary N) is 1. The standard InChI is InChI=1S/C29H31N5O2/c1-22-12-14-25(15-13-22)29-30-27(36-32-29)17-16-26(35)31-34-20-18-33(19-21-34)28(23-8-4-2-5-9-23)24-10-6-3-7-11-24/h2-15,28H,16-21H2,1H3,(H,31,35). The average molecular weight is 482 g/mol. The van der Waals surface area contributed by atoms with Crippen molar-refractivity contribution in [1.29, 1.82) is 0 Å². The van der Waals surface area contributed by atoms with Crippen LogP contribution in [-0.2, 0) is 11.2 Å². The number of carbonyl (C=O) groups excluding carboxylic acids is 1. The number of aromatic nitrogens is 2. The number of benzene rings is 3. The van der Waals surface area contributed by atoms with E-state index in [1.165, 1.54) is 16.7 Å².